The van der Waals surface area contributed by atoms with Crippen molar-refractivity contribution < 1.29 is 13.2 Å². The molecule has 0 aliphatic carbocycles. The summed E-state index contributed by atoms with van der Waals surface area (Å²) in [7, 11) is 0. The Morgan fingerprint density at radius 1 is 1.24 bits per heavy atom. The molecule has 0 spiro atoms. The minimum absolute atomic E-state index is 0.231. The maximum atomic E-state index is 13.3. The Morgan fingerprint density at radius 2 is 2.00 bits per heavy atom. The lowest BCUT2D eigenvalue weighted by molar-refractivity contribution is 0.0656. The lowest BCUT2D eigenvalue weighted by Crippen LogP contribution is -2.01. The normalized spacial score (nSPS) is 13.2. The Labute approximate surface area is 123 Å². The number of imidazole rings is 1. The number of nitrogens with zero attached hydrogens (tertiary/aromatic N) is 4. The molecule has 8 heteroatoms. The zero-order chi connectivity index (χ0) is 15.0. The minimum Gasteiger partial charge on any atom is -0.424 e. The molecule has 2 aromatic heterocycles. The van der Waals surface area contributed by atoms with Crippen LogP contribution < -0.4 is 0 Å². The van der Waals surface area contributed by atoms with Crippen molar-refractivity contribution in [2.24, 2.45) is 0 Å². The molecule has 0 radical (unpaired) electrons. The molecular formula is C13H12F2N4OS. The second-order valence-electron chi connectivity index (χ2n) is 4.45. The van der Waals surface area contributed by atoms with Crippen molar-refractivity contribution >= 4 is 22.8 Å². The summed E-state index contributed by atoms with van der Waals surface area (Å²) in [6.07, 6.45) is 0. The molecule has 0 saturated carbocycles. The Morgan fingerprint density at radius 3 is 2.67 bits per heavy atom. The predicted octanol–water partition coefficient (Wildman–Crippen LogP) is 3.98. The smallest absolute Gasteiger partial charge is 0.321 e. The largest absolute Gasteiger partial charge is 0.424 e. The first-order valence-corrected chi connectivity index (χ1v) is 7.16. The van der Waals surface area contributed by atoms with E-state index in [9.17, 15) is 8.78 Å². The highest BCUT2D eigenvalue weighted by molar-refractivity contribution is 7.99. The maximum absolute atomic E-state index is 13.3. The van der Waals surface area contributed by atoms with Crippen molar-refractivity contribution in [3.05, 3.63) is 36.0 Å². The number of hydrogen-bond acceptors (Lipinski definition) is 5. The topological polar surface area (TPSA) is 56.7 Å². The van der Waals surface area contributed by atoms with E-state index >= 15 is 0 Å². The van der Waals surface area contributed by atoms with E-state index in [4.69, 9.17) is 4.42 Å². The number of benzene rings is 1. The van der Waals surface area contributed by atoms with Crippen molar-refractivity contribution in [1.82, 2.24) is 19.7 Å². The number of hydrogen-bond donors (Lipinski definition) is 0. The first-order valence-electron chi connectivity index (χ1n) is 6.28. The van der Waals surface area contributed by atoms with Gasteiger partial charge < -0.3 is 4.42 Å². The third kappa shape index (κ3) is 2.63. The zero-order valence-corrected chi connectivity index (χ0v) is 12.1. The third-order valence-corrected chi connectivity index (χ3v) is 3.98. The van der Waals surface area contributed by atoms with E-state index < -0.39 is 6.55 Å². The number of fused-ring (bicyclic) bond motifs is 1. The van der Waals surface area contributed by atoms with Gasteiger partial charge in [0.05, 0.1) is 16.3 Å². The second kappa shape index (κ2) is 5.44. The highest BCUT2D eigenvalue weighted by Gasteiger charge is 2.22. The van der Waals surface area contributed by atoms with Crippen molar-refractivity contribution in [3.63, 3.8) is 0 Å². The molecule has 1 atom stereocenters. The predicted molar refractivity (Wildman–Crippen MR) is 74.3 cm³/mol. The van der Waals surface area contributed by atoms with Crippen LogP contribution in [0, 0.1) is 6.92 Å². The van der Waals surface area contributed by atoms with Gasteiger partial charge in [-0.15, -0.1) is 10.2 Å². The number of aromatic nitrogens is 4. The van der Waals surface area contributed by atoms with E-state index in [2.05, 4.69) is 15.2 Å². The van der Waals surface area contributed by atoms with Crippen LogP contribution in [0.4, 0.5) is 8.78 Å². The quantitative estimate of drug-likeness (QED) is 0.682. The molecule has 3 rings (SSSR count). The van der Waals surface area contributed by atoms with Gasteiger partial charge in [0, 0.05) is 6.92 Å². The molecule has 0 aliphatic rings. The standard InChI is InChI=1S/C13H12F2N4OS/c1-7(11-18-17-8(2)20-11)21-13-16-9-5-3-4-6-10(9)19(13)12(14)15/h3-7,12H,1-2H3/t7-/m1/s1. The van der Waals surface area contributed by atoms with Gasteiger partial charge in [-0.3, -0.25) is 4.57 Å². The molecule has 0 fully saturated rings. The van der Waals surface area contributed by atoms with Gasteiger partial charge in [-0.2, -0.15) is 8.78 Å². The number of aryl methyl sites for hydroxylation is 1. The summed E-state index contributed by atoms with van der Waals surface area (Å²) in [6.45, 7) is 0.839. The van der Waals surface area contributed by atoms with Crippen molar-refractivity contribution in [2.45, 2.75) is 30.8 Å². The molecule has 0 unspecified atom stereocenters. The molecule has 3 aromatic rings. The number of thioether (sulfide) groups is 1. The van der Waals surface area contributed by atoms with E-state index in [0.29, 0.717) is 22.8 Å². The van der Waals surface area contributed by atoms with Crippen molar-refractivity contribution in [2.75, 3.05) is 0 Å². The van der Waals surface area contributed by atoms with Crippen LogP contribution in [-0.4, -0.2) is 19.7 Å². The fourth-order valence-corrected chi connectivity index (χ4v) is 2.93. The Hall–Kier alpha value is -1.96. The Balaban J connectivity index is 1.98. The van der Waals surface area contributed by atoms with E-state index in [1.807, 2.05) is 6.92 Å². The van der Waals surface area contributed by atoms with Crippen LogP contribution in [-0.2, 0) is 0 Å². The summed E-state index contributed by atoms with van der Waals surface area (Å²) in [5.74, 6) is 0.838. The van der Waals surface area contributed by atoms with Crippen LogP contribution in [0.3, 0.4) is 0 Å². The summed E-state index contributed by atoms with van der Waals surface area (Å²) >= 11 is 1.17. The minimum atomic E-state index is -2.66. The van der Waals surface area contributed by atoms with E-state index in [0.717, 1.165) is 4.57 Å². The van der Waals surface area contributed by atoms with Crippen LogP contribution in [0.2, 0.25) is 0 Å². The summed E-state index contributed by atoms with van der Waals surface area (Å²) in [4.78, 5) is 4.26. The fraction of sp³-hybridized carbons (Fsp3) is 0.308. The maximum Gasteiger partial charge on any atom is 0.321 e. The summed E-state index contributed by atoms with van der Waals surface area (Å²) in [6, 6.07) is 6.81. The average molecular weight is 310 g/mol. The van der Waals surface area contributed by atoms with Crippen molar-refractivity contribution in [3.8, 4) is 0 Å². The second-order valence-corrected chi connectivity index (χ2v) is 5.76. The molecule has 2 heterocycles. The summed E-state index contributed by atoms with van der Waals surface area (Å²) in [5, 5.41) is 7.62. The highest BCUT2D eigenvalue weighted by atomic mass is 32.2. The zero-order valence-electron chi connectivity index (χ0n) is 11.3. The monoisotopic (exact) mass is 310 g/mol. The molecule has 0 bridgehead atoms. The molecule has 0 amide bonds. The molecule has 110 valence electrons. The van der Waals surface area contributed by atoms with E-state index in [1.165, 1.54) is 11.8 Å². The number of halogens is 2. The number of alkyl halides is 2. The van der Waals surface area contributed by atoms with E-state index in [-0.39, 0.29) is 10.4 Å². The number of rotatable bonds is 4. The lowest BCUT2D eigenvalue weighted by atomic mass is 10.3. The van der Waals surface area contributed by atoms with Gasteiger partial charge in [0.1, 0.15) is 0 Å². The van der Waals surface area contributed by atoms with Gasteiger partial charge in [0.25, 0.3) is 0 Å². The van der Waals surface area contributed by atoms with Crippen LogP contribution in [0.5, 0.6) is 0 Å². The first kappa shape index (κ1) is 14.0. The molecule has 1 aromatic carbocycles. The SMILES string of the molecule is Cc1nnc([C@@H](C)Sc2nc3ccccc3n2C(F)F)o1. The van der Waals surface area contributed by atoms with E-state index in [1.54, 1.807) is 31.2 Å². The molecule has 21 heavy (non-hydrogen) atoms. The average Bonchev–Trinajstić information content (AvgIpc) is 3.01. The van der Waals surface area contributed by atoms with Crippen LogP contribution in [0.25, 0.3) is 11.0 Å². The Bertz CT molecular complexity index is 770. The van der Waals surface area contributed by atoms with Gasteiger partial charge in [-0.05, 0) is 19.1 Å². The summed E-state index contributed by atoms with van der Waals surface area (Å²) < 4.78 is 32.9. The first-order chi connectivity index (χ1) is 10.1. The van der Waals surface area contributed by atoms with Gasteiger partial charge in [-0.25, -0.2) is 4.98 Å². The molecule has 0 saturated heterocycles. The van der Waals surface area contributed by atoms with Crippen LogP contribution in [0.15, 0.2) is 33.8 Å². The van der Waals surface area contributed by atoms with Gasteiger partial charge in [0.15, 0.2) is 5.16 Å². The van der Waals surface area contributed by atoms with Crippen LogP contribution >= 0.6 is 11.8 Å². The van der Waals surface area contributed by atoms with Crippen LogP contribution in [0.1, 0.15) is 30.5 Å². The summed E-state index contributed by atoms with van der Waals surface area (Å²) in [5.41, 5.74) is 0.943. The molecular weight excluding hydrogens is 298 g/mol. The highest BCUT2D eigenvalue weighted by Crippen LogP contribution is 2.37. The molecule has 5 nitrogen and oxygen atoms in total. The van der Waals surface area contributed by atoms with Gasteiger partial charge in [-0.1, -0.05) is 23.9 Å². The molecule has 0 aliphatic heterocycles. The number of para-hydroxylation sites is 2. The van der Waals surface area contributed by atoms with Crippen molar-refractivity contribution in [1.29, 1.82) is 0 Å². The molecule has 0 N–H and O–H groups in total. The van der Waals surface area contributed by atoms with Gasteiger partial charge in [0.2, 0.25) is 11.8 Å². The lowest BCUT2D eigenvalue weighted by Gasteiger charge is -2.09. The third-order valence-electron chi connectivity index (χ3n) is 2.93. The van der Waals surface area contributed by atoms with Gasteiger partial charge >= 0.3 is 6.55 Å². The fourth-order valence-electron chi connectivity index (χ4n) is 1.98. The Kier molecular flexibility index (Phi) is 3.62.